The fourth-order valence-corrected chi connectivity index (χ4v) is 7.16. The molecule has 0 radical (unpaired) electrons. The van der Waals surface area contributed by atoms with E-state index in [9.17, 15) is 0 Å². The molecular weight excluding hydrogens is 635 g/mol. The second-order valence-corrected chi connectivity index (χ2v) is 13.0. The third-order valence-corrected chi connectivity index (χ3v) is 9.22. The third kappa shape index (κ3) is 7.17. The molecule has 2 unspecified atom stereocenters. The predicted molar refractivity (Wildman–Crippen MR) is 158 cm³/mol. The molecule has 0 nitrogen and oxygen atoms in total. The van der Waals surface area contributed by atoms with Crippen LogP contribution in [0.1, 0.15) is 104 Å². The average Bonchev–Trinajstić information content (AvgIpc) is 3.64. The summed E-state index contributed by atoms with van der Waals surface area (Å²) in [7, 11) is 0. The molecule has 2 heterocycles. The Hall–Kier alpha value is -1.22. The molecule has 4 aromatic rings. The first-order valence-electron chi connectivity index (χ1n) is 12.9. The van der Waals surface area contributed by atoms with Gasteiger partial charge in [-0.05, 0) is 59.7 Å². The van der Waals surface area contributed by atoms with Crippen LogP contribution >= 0.6 is 22.7 Å². The van der Waals surface area contributed by atoms with E-state index < -0.39 is 0 Å². The van der Waals surface area contributed by atoms with Gasteiger partial charge in [-0.3, -0.25) is 12.2 Å². The van der Waals surface area contributed by atoms with Gasteiger partial charge in [0.1, 0.15) is 0 Å². The van der Waals surface area contributed by atoms with Gasteiger partial charge in [-0.25, -0.2) is 12.2 Å². The van der Waals surface area contributed by atoms with Crippen molar-refractivity contribution in [2.24, 2.45) is 0 Å². The summed E-state index contributed by atoms with van der Waals surface area (Å²) < 4.78 is 0. The topological polar surface area (TPSA) is 0 Å². The van der Waals surface area contributed by atoms with E-state index in [0.29, 0.717) is 23.7 Å². The van der Waals surface area contributed by atoms with Crippen molar-refractivity contribution in [2.45, 2.75) is 65.2 Å². The van der Waals surface area contributed by atoms with Gasteiger partial charge in [-0.2, -0.15) is 11.1 Å². The predicted octanol–water partition coefficient (Wildman–Crippen LogP) is 4.29. The molecule has 2 aromatic carbocycles. The smallest absolute Gasteiger partial charge is 1.00 e. The summed E-state index contributed by atoms with van der Waals surface area (Å²) in [6.07, 6.45) is 11.4. The van der Waals surface area contributed by atoms with Crippen LogP contribution in [-0.4, -0.2) is 0 Å². The van der Waals surface area contributed by atoms with Crippen LogP contribution < -0.4 is 24.8 Å². The Balaban J connectivity index is 0.000000254. The van der Waals surface area contributed by atoms with Crippen LogP contribution in [0, 0.1) is 26.0 Å². The molecule has 2 aromatic heterocycles. The van der Waals surface area contributed by atoms with E-state index in [1.54, 1.807) is 0 Å². The van der Waals surface area contributed by atoms with E-state index >= 15 is 0 Å². The minimum atomic E-state index is 0. The van der Waals surface area contributed by atoms with Gasteiger partial charge in [0.2, 0.25) is 0 Å². The molecule has 0 bridgehead atoms. The van der Waals surface area contributed by atoms with Crippen LogP contribution in [-0.2, 0) is 26.2 Å². The molecule has 5 heteroatoms. The molecule has 0 aliphatic heterocycles. The van der Waals surface area contributed by atoms with Crippen molar-refractivity contribution in [3.8, 4) is 0 Å². The molecule has 2 aliphatic carbocycles. The van der Waals surface area contributed by atoms with Crippen LogP contribution in [0.25, 0.3) is 12.2 Å². The summed E-state index contributed by atoms with van der Waals surface area (Å²) in [4.78, 5) is 5.56. The van der Waals surface area contributed by atoms with Gasteiger partial charge in [-0.1, -0.05) is 75.9 Å². The van der Waals surface area contributed by atoms with Gasteiger partial charge in [0.05, 0.1) is 0 Å². The van der Waals surface area contributed by atoms with Crippen molar-refractivity contribution >= 4 is 34.8 Å². The third-order valence-electron chi connectivity index (χ3n) is 7.09. The standard InChI is InChI=1S/2C17H17S.2ClH.Zr/c2*1-11(2)13-5-4-6-14-15(13)8-9-16(14)17-10-7-12(3)18-17;;;/h2*4-8,10-11,16H,1-3H3;2*1H;/q2*-1;;;+4/p-2. The maximum absolute atomic E-state index is 3.53. The van der Waals surface area contributed by atoms with E-state index in [1.165, 1.54) is 52.9 Å². The molecule has 0 N–H and O–H groups in total. The van der Waals surface area contributed by atoms with Crippen LogP contribution in [0.15, 0.2) is 60.7 Å². The van der Waals surface area contributed by atoms with Gasteiger partial charge in [0.25, 0.3) is 0 Å². The van der Waals surface area contributed by atoms with Crippen molar-refractivity contribution in [1.29, 1.82) is 0 Å². The number of halogens is 2. The van der Waals surface area contributed by atoms with Crippen LogP contribution in [0.3, 0.4) is 0 Å². The maximum atomic E-state index is 3.53. The zero-order chi connectivity index (χ0) is 25.4. The van der Waals surface area contributed by atoms with E-state index in [1.807, 2.05) is 22.7 Å². The number of hydrogen-bond donors (Lipinski definition) is 0. The Bertz CT molecular complexity index is 1330. The largest absolute Gasteiger partial charge is 4.00 e. The van der Waals surface area contributed by atoms with Crippen LogP contribution in [0.5, 0.6) is 0 Å². The first kappa shape index (κ1) is 34.0. The molecular formula is C34H34Cl2S2Zr. The fourth-order valence-electron chi connectivity index (χ4n) is 5.25. The molecule has 0 spiro atoms. The van der Waals surface area contributed by atoms with E-state index in [0.717, 1.165) is 0 Å². The first-order valence-corrected chi connectivity index (χ1v) is 14.5. The van der Waals surface area contributed by atoms with Crippen LogP contribution in [0.4, 0.5) is 0 Å². The summed E-state index contributed by atoms with van der Waals surface area (Å²) in [5.41, 5.74) is 8.50. The summed E-state index contributed by atoms with van der Waals surface area (Å²) in [6, 6.07) is 22.2. The monoisotopic (exact) mass is 666 g/mol. The van der Waals surface area contributed by atoms with Gasteiger partial charge in [0, 0.05) is 9.75 Å². The van der Waals surface area contributed by atoms with Gasteiger partial charge < -0.3 is 24.8 Å². The molecule has 2 aliphatic rings. The molecule has 0 amide bonds. The van der Waals surface area contributed by atoms with E-state index in [4.69, 9.17) is 0 Å². The number of benzene rings is 2. The van der Waals surface area contributed by atoms with Gasteiger partial charge >= 0.3 is 26.2 Å². The SMILES string of the molecule is Cc1ccc(C2[C-]=Cc3c(C(C)C)cccc32)s1.Cc1ccc(C2[C-]=Cc3c(C(C)C)cccc32)s1.[Cl-].[Cl-].[Zr+4]. The summed E-state index contributed by atoms with van der Waals surface area (Å²) in [5.74, 6) is 1.83. The Labute approximate surface area is 274 Å². The number of fused-ring (bicyclic) bond motifs is 2. The van der Waals surface area contributed by atoms with Crippen molar-refractivity contribution in [3.63, 3.8) is 0 Å². The zero-order valence-electron chi connectivity index (χ0n) is 23.3. The average molecular weight is 669 g/mol. The minimum Gasteiger partial charge on any atom is -1.00 e. The Morgan fingerprint density at radius 3 is 1.28 bits per heavy atom. The molecule has 0 fully saturated rings. The molecule has 200 valence electrons. The number of aryl methyl sites for hydroxylation is 2. The zero-order valence-corrected chi connectivity index (χ0v) is 28.9. The molecule has 6 rings (SSSR count). The van der Waals surface area contributed by atoms with Crippen molar-refractivity contribution in [1.82, 2.24) is 0 Å². The quantitative estimate of drug-likeness (QED) is 0.285. The molecule has 2 atom stereocenters. The second kappa shape index (κ2) is 14.6. The Kier molecular flexibility index (Phi) is 12.7. The maximum Gasteiger partial charge on any atom is 4.00 e. The van der Waals surface area contributed by atoms with Crippen molar-refractivity contribution < 1.29 is 51.0 Å². The number of hydrogen-bond acceptors (Lipinski definition) is 2. The molecule has 0 saturated carbocycles. The number of allylic oxidation sites excluding steroid dienone is 2. The normalized spacial score (nSPS) is 16.1. The number of rotatable bonds is 4. The van der Waals surface area contributed by atoms with Gasteiger partial charge in [0.15, 0.2) is 0 Å². The van der Waals surface area contributed by atoms with E-state index in [2.05, 4.69) is 127 Å². The van der Waals surface area contributed by atoms with E-state index in [-0.39, 0.29) is 51.0 Å². The summed E-state index contributed by atoms with van der Waals surface area (Å²) in [5, 5.41) is 0. The van der Waals surface area contributed by atoms with Gasteiger partial charge in [-0.15, -0.1) is 44.9 Å². The Morgan fingerprint density at radius 2 is 0.974 bits per heavy atom. The van der Waals surface area contributed by atoms with Crippen molar-refractivity contribution in [2.75, 3.05) is 0 Å². The summed E-state index contributed by atoms with van der Waals surface area (Å²) in [6.45, 7) is 13.4. The number of thiophene rings is 2. The first-order chi connectivity index (χ1) is 17.3. The van der Waals surface area contributed by atoms with Crippen LogP contribution in [0.2, 0.25) is 0 Å². The fraction of sp³-hybridized carbons (Fsp3) is 0.294. The Morgan fingerprint density at radius 1 is 0.590 bits per heavy atom. The minimum absolute atomic E-state index is 0. The second-order valence-electron chi connectivity index (χ2n) is 10.4. The molecule has 39 heavy (non-hydrogen) atoms. The van der Waals surface area contributed by atoms with Crippen molar-refractivity contribution in [3.05, 3.63) is 126 Å². The summed E-state index contributed by atoms with van der Waals surface area (Å²) >= 11 is 3.76. The molecule has 0 saturated heterocycles.